The number of nitrogens with two attached hydrogens (primary N) is 1. The number of nitrogens with one attached hydrogen (secondary N) is 1. The predicted octanol–water partition coefficient (Wildman–Crippen LogP) is 1.97. The molecule has 0 amide bonds. The van der Waals surface area contributed by atoms with Crippen molar-refractivity contribution in [1.82, 2.24) is 4.98 Å². The van der Waals surface area contributed by atoms with E-state index in [2.05, 4.69) is 16.9 Å². The smallest absolute Gasteiger partial charge is 0.126 e. The molecule has 92 valence electrons. The van der Waals surface area contributed by atoms with Crippen molar-refractivity contribution in [2.75, 3.05) is 11.9 Å². The largest absolute Gasteiger partial charge is 0.384 e. The topological polar surface area (TPSA) is 66.0 Å². The quantitative estimate of drug-likeness (QED) is 0.618. The zero-order valence-electron chi connectivity index (χ0n) is 10.7. The number of hydrogen-bond donors (Lipinski definition) is 2. The monoisotopic (exact) mass is 232 g/mol. The second-order valence-electron chi connectivity index (χ2n) is 4.85. The Balaban J connectivity index is 2.46. The van der Waals surface area contributed by atoms with Crippen LogP contribution in [0, 0.1) is 19.3 Å². The second kappa shape index (κ2) is 4.35. The van der Waals surface area contributed by atoms with Crippen molar-refractivity contribution < 1.29 is 0 Å². The van der Waals surface area contributed by atoms with Crippen LogP contribution in [0.25, 0.3) is 0 Å². The fourth-order valence-electron chi connectivity index (χ4n) is 2.39. The van der Waals surface area contributed by atoms with Crippen LogP contribution in [0.15, 0.2) is 6.07 Å². The number of aromatic nitrogens is 1. The van der Waals surface area contributed by atoms with Crippen molar-refractivity contribution in [2.24, 2.45) is 5.73 Å². The van der Waals surface area contributed by atoms with E-state index in [9.17, 15) is 0 Å². The molecule has 1 aliphatic rings. The van der Waals surface area contributed by atoms with Crippen molar-refractivity contribution in [1.29, 1.82) is 5.41 Å². The van der Waals surface area contributed by atoms with Gasteiger partial charge in [-0.25, -0.2) is 0 Å². The molecule has 1 aliphatic carbocycles. The first-order valence-electron chi connectivity index (χ1n) is 6.06. The van der Waals surface area contributed by atoms with Crippen molar-refractivity contribution in [3.63, 3.8) is 0 Å². The summed E-state index contributed by atoms with van der Waals surface area (Å²) in [6.07, 6.45) is 3.76. The van der Waals surface area contributed by atoms with Gasteiger partial charge >= 0.3 is 0 Å². The highest BCUT2D eigenvalue weighted by Gasteiger charge is 2.25. The SMILES string of the molecule is Cc1cc(N(C)C2CCC2)c(C(=N)N)c(C)n1. The molecular formula is C13H20N4. The molecule has 3 N–H and O–H groups in total. The van der Waals surface area contributed by atoms with E-state index in [1.165, 1.54) is 19.3 Å². The third-order valence-electron chi connectivity index (χ3n) is 3.58. The van der Waals surface area contributed by atoms with Crippen molar-refractivity contribution >= 4 is 11.5 Å². The minimum Gasteiger partial charge on any atom is -0.384 e. The van der Waals surface area contributed by atoms with E-state index in [-0.39, 0.29) is 5.84 Å². The lowest BCUT2D eigenvalue weighted by molar-refractivity contribution is 0.401. The molecule has 1 heterocycles. The number of hydrogen-bond acceptors (Lipinski definition) is 3. The van der Waals surface area contributed by atoms with E-state index in [0.29, 0.717) is 6.04 Å². The zero-order chi connectivity index (χ0) is 12.6. The average molecular weight is 232 g/mol. The summed E-state index contributed by atoms with van der Waals surface area (Å²) in [5.41, 5.74) is 9.34. The van der Waals surface area contributed by atoms with E-state index >= 15 is 0 Å². The highest BCUT2D eigenvalue weighted by molar-refractivity contribution is 6.01. The number of nitrogen functional groups attached to an aromatic ring is 1. The van der Waals surface area contributed by atoms with Crippen molar-refractivity contribution in [2.45, 2.75) is 39.2 Å². The normalized spacial score (nSPS) is 15.5. The molecule has 0 aromatic carbocycles. The number of aryl methyl sites for hydroxylation is 2. The van der Waals surface area contributed by atoms with E-state index in [4.69, 9.17) is 11.1 Å². The fraction of sp³-hybridized carbons (Fsp3) is 0.538. The summed E-state index contributed by atoms with van der Waals surface area (Å²) in [5, 5.41) is 7.71. The molecule has 0 unspecified atom stereocenters. The van der Waals surface area contributed by atoms with Crippen LogP contribution in [0.1, 0.15) is 36.2 Å². The first-order chi connectivity index (χ1) is 8.00. The molecule has 1 saturated carbocycles. The summed E-state index contributed by atoms with van der Waals surface area (Å²) in [6, 6.07) is 2.62. The summed E-state index contributed by atoms with van der Waals surface area (Å²) in [5.74, 6) is 0.108. The third kappa shape index (κ3) is 2.12. The molecule has 0 aliphatic heterocycles. The molecular weight excluding hydrogens is 212 g/mol. The molecule has 1 aromatic rings. The molecule has 2 rings (SSSR count). The molecule has 17 heavy (non-hydrogen) atoms. The standard InChI is InChI=1S/C13H20N4/c1-8-7-11(17(3)10-5-4-6-10)12(13(14)15)9(2)16-8/h7,10H,4-6H2,1-3H3,(H3,14,15). The van der Waals surface area contributed by atoms with Gasteiger partial charge in [0.2, 0.25) is 0 Å². The van der Waals surface area contributed by atoms with Gasteiger partial charge in [0, 0.05) is 18.8 Å². The van der Waals surface area contributed by atoms with Crippen LogP contribution >= 0.6 is 0 Å². The lowest BCUT2D eigenvalue weighted by Gasteiger charge is -2.37. The van der Waals surface area contributed by atoms with E-state index in [1.807, 2.05) is 19.9 Å². The Morgan fingerprint density at radius 3 is 2.59 bits per heavy atom. The van der Waals surface area contributed by atoms with Gasteiger partial charge in [0.25, 0.3) is 0 Å². The van der Waals surface area contributed by atoms with Crippen LogP contribution < -0.4 is 10.6 Å². The second-order valence-corrected chi connectivity index (χ2v) is 4.85. The van der Waals surface area contributed by atoms with Gasteiger partial charge in [-0.05, 0) is 39.2 Å². The summed E-state index contributed by atoms with van der Waals surface area (Å²) < 4.78 is 0. The number of rotatable bonds is 3. The van der Waals surface area contributed by atoms with Crippen LogP contribution in [-0.4, -0.2) is 23.9 Å². The van der Waals surface area contributed by atoms with Crippen molar-refractivity contribution in [3.05, 3.63) is 23.0 Å². The summed E-state index contributed by atoms with van der Waals surface area (Å²) >= 11 is 0. The Morgan fingerprint density at radius 1 is 1.47 bits per heavy atom. The minimum absolute atomic E-state index is 0.108. The van der Waals surface area contributed by atoms with Crippen molar-refractivity contribution in [3.8, 4) is 0 Å². The molecule has 0 spiro atoms. The van der Waals surface area contributed by atoms with Crippen LogP contribution in [0.5, 0.6) is 0 Å². The molecule has 0 radical (unpaired) electrons. The number of pyridine rings is 1. The first-order valence-corrected chi connectivity index (χ1v) is 6.06. The average Bonchev–Trinajstić information content (AvgIpc) is 2.12. The molecule has 0 atom stereocenters. The number of anilines is 1. The van der Waals surface area contributed by atoms with Crippen LogP contribution in [0.2, 0.25) is 0 Å². The maximum atomic E-state index is 7.71. The third-order valence-corrected chi connectivity index (χ3v) is 3.58. The summed E-state index contributed by atoms with van der Waals surface area (Å²) in [4.78, 5) is 6.65. The first kappa shape index (κ1) is 11.9. The number of nitrogens with zero attached hydrogens (tertiary/aromatic N) is 2. The molecule has 4 heteroatoms. The van der Waals surface area contributed by atoms with Gasteiger partial charge in [0.05, 0.1) is 16.9 Å². The van der Waals surface area contributed by atoms with Gasteiger partial charge in [-0.1, -0.05) is 0 Å². The van der Waals surface area contributed by atoms with E-state index < -0.39 is 0 Å². The van der Waals surface area contributed by atoms with Gasteiger partial charge in [-0.3, -0.25) is 10.4 Å². The molecule has 0 saturated heterocycles. The highest BCUT2D eigenvalue weighted by Crippen LogP contribution is 2.31. The minimum atomic E-state index is 0.108. The van der Waals surface area contributed by atoms with Gasteiger partial charge in [-0.15, -0.1) is 0 Å². The fourth-order valence-corrected chi connectivity index (χ4v) is 2.39. The van der Waals surface area contributed by atoms with Crippen LogP contribution in [0.4, 0.5) is 5.69 Å². The molecule has 1 aromatic heterocycles. The summed E-state index contributed by atoms with van der Waals surface area (Å²) in [6.45, 7) is 3.90. The maximum absolute atomic E-state index is 7.71. The van der Waals surface area contributed by atoms with E-state index in [0.717, 1.165) is 22.6 Å². The van der Waals surface area contributed by atoms with E-state index in [1.54, 1.807) is 0 Å². The lowest BCUT2D eigenvalue weighted by atomic mass is 9.91. The van der Waals surface area contributed by atoms with Gasteiger partial charge in [-0.2, -0.15) is 0 Å². The van der Waals surface area contributed by atoms with Gasteiger partial charge in [0.1, 0.15) is 5.84 Å². The van der Waals surface area contributed by atoms with Gasteiger partial charge in [0.15, 0.2) is 0 Å². The zero-order valence-corrected chi connectivity index (χ0v) is 10.7. The van der Waals surface area contributed by atoms with Crippen LogP contribution in [-0.2, 0) is 0 Å². The predicted molar refractivity (Wildman–Crippen MR) is 70.8 cm³/mol. The molecule has 4 nitrogen and oxygen atoms in total. The Kier molecular flexibility index (Phi) is 3.05. The Bertz CT molecular complexity index is 449. The Hall–Kier alpha value is -1.58. The molecule has 0 bridgehead atoms. The van der Waals surface area contributed by atoms with Gasteiger partial charge < -0.3 is 10.6 Å². The number of amidine groups is 1. The lowest BCUT2D eigenvalue weighted by Crippen LogP contribution is -2.38. The Morgan fingerprint density at radius 2 is 2.12 bits per heavy atom. The van der Waals surface area contributed by atoms with Crippen LogP contribution in [0.3, 0.4) is 0 Å². The maximum Gasteiger partial charge on any atom is 0.126 e. The Labute approximate surface area is 102 Å². The highest BCUT2D eigenvalue weighted by atomic mass is 15.1. The summed E-state index contributed by atoms with van der Waals surface area (Å²) in [7, 11) is 2.09. The molecule has 1 fully saturated rings.